The minimum Gasteiger partial charge on any atom is -0.493 e. The Morgan fingerprint density at radius 3 is 2.58 bits per heavy atom. The van der Waals surface area contributed by atoms with Gasteiger partial charge in [-0.1, -0.05) is 49.9 Å². The van der Waals surface area contributed by atoms with E-state index in [0.717, 1.165) is 30.5 Å². The number of pyridine rings is 1. The highest BCUT2D eigenvalue weighted by atomic mass is 16.5. The lowest BCUT2D eigenvalue weighted by molar-refractivity contribution is 0.0970. The molecule has 0 aliphatic carbocycles. The molecule has 1 aliphatic heterocycles. The van der Waals surface area contributed by atoms with Gasteiger partial charge in [-0.3, -0.25) is 14.5 Å². The van der Waals surface area contributed by atoms with Gasteiger partial charge in [-0.25, -0.2) is 4.98 Å². The van der Waals surface area contributed by atoms with Gasteiger partial charge in [-0.2, -0.15) is 0 Å². The molecule has 7 nitrogen and oxygen atoms in total. The van der Waals surface area contributed by atoms with Gasteiger partial charge in [0, 0.05) is 5.69 Å². The van der Waals surface area contributed by atoms with Crippen LogP contribution in [0.1, 0.15) is 71.6 Å². The van der Waals surface area contributed by atoms with Crippen LogP contribution in [0.5, 0.6) is 11.5 Å². The first-order valence-corrected chi connectivity index (χ1v) is 13.1. The summed E-state index contributed by atoms with van der Waals surface area (Å²) < 4.78 is 17.8. The molecule has 1 unspecified atom stereocenters. The van der Waals surface area contributed by atoms with E-state index in [0.29, 0.717) is 46.0 Å². The van der Waals surface area contributed by atoms with Gasteiger partial charge in [0.15, 0.2) is 16.9 Å². The zero-order chi connectivity index (χ0) is 26.8. The molecule has 0 fully saturated rings. The molecule has 4 aromatic rings. The SMILES string of the molecule is CCCCCCOc1ccc(C2c3c(oc4ccc(C)cc4c3=O)C(=O)N2c2cccc(C)n2)cc1OC. The average molecular weight is 513 g/mol. The van der Waals surface area contributed by atoms with Gasteiger partial charge in [0.05, 0.1) is 30.7 Å². The second-order valence-corrected chi connectivity index (χ2v) is 9.71. The fourth-order valence-electron chi connectivity index (χ4n) is 4.99. The molecule has 0 radical (unpaired) electrons. The summed E-state index contributed by atoms with van der Waals surface area (Å²) in [5, 5.41) is 0.444. The van der Waals surface area contributed by atoms with Crippen LogP contribution < -0.4 is 19.8 Å². The second kappa shape index (κ2) is 10.7. The maximum atomic E-state index is 13.9. The van der Waals surface area contributed by atoms with Crippen molar-refractivity contribution in [2.24, 2.45) is 0 Å². The Balaban J connectivity index is 1.63. The number of hydrogen-bond acceptors (Lipinski definition) is 6. The molecule has 0 N–H and O–H groups in total. The molecule has 0 spiro atoms. The Morgan fingerprint density at radius 1 is 0.974 bits per heavy atom. The molecule has 38 heavy (non-hydrogen) atoms. The second-order valence-electron chi connectivity index (χ2n) is 9.71. The number of nitrogens with zero attached hydrogens (tertiary/aromatic N) is 2. The van der Waals surface area contributed by atoms with Crippen LogP contribution in [0.2, 0.25) is 0 Å². The summed E-state index contributed by atoms with van der Waals surface area (Å²) in [6.45, 7) is 6.55. The summed E-state index contributed by atoms with van der Waals surface area (Å²) >= 11 is 0. The Bertz CT molecular complexity index is 1560. The van der Waals surface area contributed by atoms with E-state index < -0.39 is 11.9 Å². The largest absolute Gasteiger partial charge is 0.493 e. The lowest BCUT2D eigenvalue weighted by Crippen LogP contribution is -2.30. The van der Waals surface area contributed by atoms with E-state index in [1.807, 2.05) is 50.2 Å². The molecule has 1 aliphatic rings. The molecule has 196 valence electrons. The number of methoxy groups -OCH3 is 1. The Labute approximate surface area is 222 Å². The summed E-state index contributed by atoms with van der Waals surface area (Å²) in [7, 11) is 1.58. The number of carbonyl (C=O) groups is 1. The maximum Gasteiger partial charge on any atom is 0.296 e. The lowest BCUT2D eigenvalue weighted by Gasteiger charge is -2.25. The first kappa shape index (κ1) is 25.5. The molecular weight excluding hydrogens is 480 g/mol. The number of aromatic nitrogens is 1. The number of ether oxygens (including phenoxy) is 2. The van der Waals surface area contributed by atoms with Gasteiger partial charge >= 0.3 is 0 Å². The number of amides is 1. The van der Waals surface area contributed by atoms with Gasteiger partial charge < -0.3 is 13.9 Å². The Morgan fingerprint density at radius 2 is 1.82 bits per heavy atom. The zero-order valence-electron chi connectivity index (χ0n) is 22.2. The lowest BCUT2D eigenvalue weighted by atomic mass is 9.97. The third-order valence-corrected chi connectivity index (χ3v) is 6.90. The van der Waals surface area contributed by atoms with E-state index in [9.17, 15) is 9.59 Å². The van der Waals surface area contributed by atoms with Gasteiger partial charge in [-0.05, 0) is 62.2 Å². The molecule has 0 bridgehead atoms. The van der Waals surface area contributed by atoms with Crippen molar-refractivity contribution in [2.75, 3.05) is 18.6 Å². The molecule has 0 saturated heterocycles. The molecule has 3 heterocycles. The van der Waals surface area contributed by atoms with Crippen LogP contribution in [-0.4, -0.2) is 24.6 Å². The average Bonchev–Trinajstić information content (AvgIpc) is 3.21. The molecule has 0 saturated carbocycles. The van der Waals surface area contributed by atoms with E-state index >= 15 is 0 Å². The molecule has 7 heteroatoms. The van der Waals surface area contributed by atoms with Crippen molar-refractivity contribution in [2.45, 2.75) is 52.5 Å². The summed E-state index contributed by atoms with van der Waals surface area (Å²) in [4.78, 5) is 33.8. The zero-order valence-corrected chi connectivity index (χ0v) is 22.2. The molecular formula is C31H32N2O5. The van der Waals surface area contributed by atoms with Crippen molar-refractivity contribution < 1.29 is 18.7 Å². The maximum absolute atomic E-state index is 13.9. The number of rotatable bonds is 9. The summed E-state index contributed by atoms with van der Waals surface area (Å²) in [5.74, 6) is 1.24. The van der Waals surface area contributed by atoms with Crippen LogP contribution in [0.25, 0.3) is 11.0 Å². The van der Waals surface area contributed by atoms with Crippen molar-refractivity contribution in [1.29, 1.82) is 0 Å². The number of hydrogen-bond donors (Lipinski definition) is 0. The van der Waals surface area contributed by atoms with Crippen molar-refractivity contribution in [1.82, 2.24) is 4.98 Å². The molecule has 5 rings (SSSR count). The normalized spacial score (nSPS) is 14.7. The topological polar surface area (TPSA) is 81.9 Å². The van der Waals surface area contributed by atoms with Crippen molar-refractivity contribution in [3.63, 3.8) is 0 Å². The van der Waals surface area contributed by atoms with Gasteiger partial charge in [0.25, 0.3) is 5.91 Å². The number of fused-ring (bicyclic) bond motifs is 2. The molecule has 1 atom stereocenters. The number of carbonyl (C=O) groups excluding carboxylic acids is 1. The minimum absolute atomic E-state index is 0.0369. The van der Waals surface area contributed by atoms with E-state index in [2.05, 4.69) is 11.9 Å². The summed E-state index contributed by atoms with van der Waals surface area (Å²) in [6.07, 6.45) is 4.41. The summed E-state index contributed by atoms with van der Waals surface area (Å²) in [5.41, 5.74) is 2.85. The van der Waals surface area contributed by atoms with E-state index in [1.165, 1.54) is 11.3 Å². The minimum atomic E-state index is -0.736. The number of aryl methyl sites for hydroxylation is 2. The summed E-state index contributed by atoms with van der Waals surface area (Å²) in [6, 6.07) is 15.7. The van der Waals surface area contributed by atoms with Crippen LogP contribution in [0, 0.1) is 13.8 Å². The van der Waals surface area contributed by atoms with Crippen LogP contribution in [0.3, 0.4) is 0 Å². The predicted octanol–water partition coefficient (Wildman–Crippen LogP) is 6.52. The Hall–Kier alpha value is -4.13. The quantitative estimate of drug-likeness (QED) is 0.237. The van der Waals surface area contributed by atoms with E-state index in [4.69, 9.17) is 13.9 Å². The van der Waals surface area contributed by atoms with Crippen molar-refractivity contribution >= 4 is 22.7 Å². The smallest absolute Gasteiger partial charge is 0.296 e. The first-order valence-electron chi connectivity index (χ1n) is 13.1. The van der Waals surface area contributed by atoms with Gasteiger partial charge in [0.2, 0.25) is 5.76 Å². The molecule has 2 aromatic carbocycles. The fraction of sp³-hybridized carbons (Fsp3) is 0.323. The van der Waals surface area contributed by atoms with Crippen LogP contribution in [0.15, 0.2) is 63.8 Å². The van der Waals surface area contributed by atoms with Gasteiger partial charge in [-0.15, -0.1) is 0 Å². The first-order chi connectivity index (χ1) is 18.4. The van der Waals surface area contributed by atoms with Crippen LogP contribution in [0.4, 0.5) is 5.82 Å². The highest BCUT2D eigenvalue weighted by molar-refractivity contribution is 6.10. The highest BCUT2D eigenvalue weighted by Gasteiger charge is 2.44. The van der Waals surface area contributed by atoms with Crippen LogP contribution in [-0.2, 0) is 0 Å². The third kappa shape index (κ3) is 4.64. The van der Waals surface area contributed by atoms with Gasteiger partial charge in [0.1, 0.15) is 11.4 Å². The highest BCUT2D eigenvalue weighted by Crippen LogP contribution is 2.43. The molecule has 2 aromatic heterocycles. The van der Waals surface area contributed by atoms with Crippen molar-refractivity contribution in [3.05, 3.63) is 93.0 Å². The third-order valence-electron chi connectivity index (χ3n) is 6.90. The Kier molecular flexibility index (Phi) is 7.18. The predicted molar refractivity (Wildman–Crippen MR) is 147 cm³/mol. The van der Waals surface area contributed by atoms with Crippen molar-refractivity contribution in [3.8, 4) is 11.5 Å². The fourth-order valence-corrected chi connectivity index (χ4v) is 4.99. The van der Waals surface area contributed by atoms with E-state index in [1.54, 1.807) is 25.3 Å². The number of anilines is 1. The standard InChI is InChI=1S/C31H32N2O5/c1-5-6-7-8-16-37-24-15-13-21(18-25(24)36-4)28-27-29(34)22-17-19(2)12-14-23(22)38-30(27)31(35)33(28)26-11-9-10-20(3)32-26/h9-15,17-18,28H,5-8,16H2,1-4H3. The number of benzene rings is 2. The molecule has 1 amide bonds. The van der Waals surface area contributed by atoms with E-state index in [-0.39, 0.29) is 11.2 Å². The van der Waals surface area contributed by atoms with Crippen LogP contribution >= 0.6 is 0 Å². The monoisotopic (exact) mass is 512 g/mol. The number of unbranched alkanes of at least 4 members (excludes halogenated alkanes) is 3.